The number of nitrogens with zero attached hydrogens (tertiary/aromatic N) is 3. The lowest BCUT2D eigenvalue weighted by Crippen LogP contribution is -2.53. The third-order valence-corrected chi connectivity index (χ3v) is 10.9. The van der Waals surface area contributed by atoms with Crippen LogP contribution in [0.4, 0.5) is 5.82 Å². The summed E-state index contributed by atoms with van der Waals surface area (Å²) >= 11 is 0. The predicted octanol–water partition coefficient (Wildman–Crippen LogP) is 2.21. The van der Waals surface area contributed by atoms with Crippen LogP contribution in [0.1, 0.15) is 84.9 Å². The molecule has 1 aliphatic heterocycles. The summed E-state index contributed by atoms with van der Waals surface area (Å²) in [4.78, 5) is 78.0. The van der Waals surface area contributed by atoms with Crippen LogP contribution < -0.4 is 42.6 Å². The molecule has 4 bridgehead atoms. The molecular weight excluding hydrogens is 839 g/mol. The molecule has 0 unspecified atom stereocenters. The first-order chi connectivity index (χ1) is 30.8. The molecule has 19 nitrogen and oxygen atoms in total. The van der Waals surface area contributed by atoms with Crippen molar-refractivity contribution in [2.24, 2.45) is 11.5 Å². The van der Waals surface area contributed by atoms with Crippen LogP contribution in [0.15, 0.2) is 48.5 Å². The number of aromatic hydroxyl groups is 1. The molecule has 0 aliphatic carbocycles. The van der Waals surface area contributed by atoms with Crippen LogP contribution in [-0.2, 0) is 37.6 Å². The number of hydrogen-bond acceptors (Lipinski definition) is 14. The second-order valence-corrected chi connectivity index (χ2v) is 16.8. The summed E-state index contributed by atoms with van der Waals surface area (Å²) in [6.07, 6.45) is 0.722. The van der Waals surface area contributed by atoms with Crippen molar-refractivity contribution in [3.05, 3.63) is 82.0 Å². The van der Waals surface area contributed by atoms with Gasteiger partial charge in [0.05, 0.1) is 32.1 Å². The number of rotatable bonds is 15. The number of aliphatic hydroxyl groups is 1. The van der Waals surface area contributed by atoms with Crippen molar-refractivity contribution in [1.82, 2.24) is 30.8 Å². The highest BCUT2D eigenvalue weighted by Crippen LogP contribution is 2.45. The van der Waals surface area contributed by atoms with E-state index in [9.17, 15) is 39.3 Å². The van der Waals surface area contributed by atoms with Gasteiger partial charge in [-0.2, -0.15) is 0 Å². The Hall–Kier alpha value is -6.83. The number of carbonyl (C=O) groups excluding carboxylic acids is 4. The third kappa shape index (κ3) is 11.7. The van der Waals surface area contributed by atoms with Crippen molar-refractivity contribution in [2.75, 3.05) is 45.6 Å². The highest BCUT2D eigenvalue weighted by molar-refractivity contribution is 6.02. The Kier molecular flexibility index (Phi) is 16.1. The number of likely N-dealkylation sites (N-methyl/N-ethyl adjacent to an activating group) is 1. The highest BCUT2D eigenvalue weighted by Gasteiger charge is 2.35. The largest absolute Gasteiger partial charge is 0.504 e. The number of phenolic OH excluding ortho intramolecular Hbond substituents is 1. The van der Waals surface area contributed by atoms with Gasteiger partial charge < -0.3 is 62.8 Å². The van der Waals surface area contributed by atoms with Gasteiger partial charge in [0, 0.05) is 30.2 Å². The summed E-state index contributed by atoms with van der Waals surface area (Å²) in [7, 11) is 1.32. The number of fused-ring (bicyclic) bond motifs is 5. The number of aryl methyl sites for hydroxylation is 1. The fraction of sp³-hybridized carbons (Fsp3) is 0.413. The molecule has 4 aromatic rings. The van der Waals surface area contributed by atoms with E-state index >= 15 is 0 Å². The van der Waals surface area contributed by atoms with Gasteiger partial charge in [0.1, 0.15) is 35.3 Å². The van der Waals surface area contributed by atoms with Gasteiger partial charge in [0.25, 0.3) is 5.91 Å². The van der Waals surface area contributed by atoms with Crippen LogP contribution in [0.2, 0.25) is 0 Å². The number of aliphatic carboxylic acids is 1. The summed E-state index contributed by atoms with van der Waals surface area (Å²) in [5.74, 6) is -4.66. The van der Waals surface area contributed by atoms with E-state index in [-0.39, 0.29) is 89.5 Å². The summed E-state index contributed by atoms with van der Waals surface area (Å²) in [6.45, 7) is 8.98. The topological polar surface area (TPSA) is 308 Å². The Morgan fingerprint density at radius 1 is 0.908 bits per heavy atom. The van der Waals surface area contributed by atoms with E-state index in [0.717, 1.165) is 10.5 Å². The molecule has 1 aliphatic rings. The van der Waals surface area contributed by atoms with Crippen molar-refractivity contribution in [3.63, 3.8) is 0 Å². The number of carboxylic acid groups (broad SMARTS) is 1. The van der Waals surface area contributed by atoms with E-state index in [1.165, 1.54) is 26.1 Å². The van der Waals surface area contributed by atoms with Crippen LogP contribution >= 0.6 is 0 Å². The summed E-state index contributed by atoms with van der Waals surface area (Å²) in [5.41, 5.74) is 20.8. The SMILES string of the molecule is Cc1nc(-c2ccc(C(C)(C)C)cc2CO)nc(N)c1C(=O)NCC(=O)N(C)[C@@H]1C(=O)N[C@@H](C)C(=O)N[C@H](C(=O)O)Cc2ccc(OCCCN)c(c2)-c2cc1cc(OCCCN)c2O. The van der Waals surface area contributed by atoms with E-state index in [4.69, 9.17) is 26.7 Å². The number of carbonyl (C=O) groups is 5. The van der Waals surface area contributed by atoms with E-state index in [2.05, 4.69) is 25.9 Å². The standard InChI is InChI=1S/C46H59N9O10/c1-24-37(40(49)54-41(51-24)30-11-10-29(46(3,4)5)19-28(30)23-56)43(60)50-22-36(57)55(6)38-27-20-32(39(58)35(21-27)65-16-8-14-48)31-17-26(9-12-34(31)64-15-7-13-47)18-33(45(62)63)53-42(59)25(2)52-44(38)61/h9-12,17,19-21,25,33,38,56,58H,7-8,13-16,18,22-23,47-48H2,1-6H3,(H,50,60)(H,52,61)(H,53,59)(H,62,63)(H2,49,51,54)/t25-,33-,38-/m0/s1. The molecule has 3 atom stereocenters. The van der Waals surface area contributed by atoms with Gasteiger partial charge in [-0.1, -0.05) is 45.0 Å². The number of nitrogens with two attached hydrogens (primary N) is 3. The molecule has 0 fully saturated rings. The number of phenols is 1. The summed E-state index contributed by atoms with van der Waals surface area (Å²) < 4.78 is 12.1. The quantitative estimate of drug-likeness (QED) is 0.0773. The molecule has 19 heteroatoms. The molecule has 1 aromatic heterocycles. The maximum absolute atomic E-state index is 14.4. The maximum atomic E-state index is 14.4. The van der Waals surface area contributed by atoms with Crippen molar-refractivity contribution in [3.8, 4) is 39.8 Å². The molecule has 3 aromatic carbocycles. The molecule has 4 amide bonds. The van der Waals surface area contributed by atoms with Gasteiger partial charge in [0.15, 0.2) is 17.3 Å². The Morgan fingerprint density at radius 2 is 1.58 bits per heavy atom. The fourth-order valence-electron chi connectivity index (χ4n) is 7.23. The Morgan fingerprint density at radius 3 is 2.20 bits per heavy atom. The molecule has 65 heavy (non-hydrogen) atoms. The molecule has 0 spiro atoms. The number of nitrogen functional groups attached to an aromatic ring is 1. The van der Waals surface area contributed by atoms with E-state index in [1.54, 1.807) is 31.2 Å². The lowest BCUT2D eigenvalue weighted by molar-refractivity contribution is -0.142. The van der Waals surface area contributed by atoms with Crippen LogP contribution in [0.25, 0.3) is 22.5 Å². The molecule has 0 saturated heterocycles. The fourth-order valence-corrected chi connectivity index (χ4v) is 7.23. The van der Waals surface area contributed by atoms with Gasteiger partial charge in [-0.15, -0.1) is 0 Å². The number of ether oxygens (including phenoxy) is 2. The molecular formula is C46H59N9O10. The third-order valence-electron chi connectivity index (χ3n) is 10.9. The summed E-state index contributed by atoms with van der Waals surface area (Å²) in [6, 6.07) is 9.02. The smallest absolute Gasteiger partial charge is 0.326 e. The van der Waals surface area contributed by atoms with Gasteiger partial charge in [-0.05, 0) is 91.7 Å². The molecule has 12 N–H and O–H groups in total. The predicted molar refractivity (Wildman–Crippen MR) is 242 cm³/mol. The minimum absolute atomic E-state index is 0.0665. The minimum atomic E-state index is -1.53. The zero-order valence-electron chi connectivity index (χ0n) is 37.5. The normalized spacial score (nSPS) is 16.4. The second-order valence-electron chi connectivity index (χ2n) is 16.8. The van der Waals surface area contributed by atoms with E-state index in [1.807, 2.05) is 32.9 Å². The average Bonchev–Trinajstić information content (AvgIpc) is 3.25. The second kappa shape index (κ2) is 21.2. The summed E-state index contributed by atoms with van der Waals surface area (Å²) in [5, 5.41) is 39.7. The Balaban J connectivity index is 1.54. The number of aromatic nitrogens is 2. The molecule has 348 valence electrons. The van der Waals surface area contributed by atoms with Crippen molar-refractivity contribution >= 4 is 35.4 Å². The number of benzene rings is 3. The maximum Gasteiger partial charge on any atom is 0.326 e. The zero-order chi connectivity index (χ0) is 47.7. The Labute approximate surface area is 377 Å². The van der Waals surface area contributed by atoms with Gasteiger partial charge >= 0.3 is 5.97 Å². The number of hydrogen-bond donors (Lipinski definition) is 9. The molecule has 0 radical (unpaired) electrons. The number of aliphatic hydroxyl groups excluding tert-OH is 1. The van der Waals surface area contributed by atoms with Crippen molar-refractivity contribution < 1.29 is 48.8 Å². The van der Waals surface area contributed by atoms with Crippen LogP contribution in [0, 0.1) is 6.92 Å². The van der Waals surface area contributed by atoms with Crippen molar-refractivity contribution in [1.29, 1.82) is 0 Å². The number of amides is 4. The highest BCUT2D eigenvalue weighted by atomic mass is 16.5. The first-order valence-electron chi connectivity index (χ1n) is 21.2. The molecule has 0 saturated carbocycles. The monoisotopic (exact) mass is 897 g/mol. The number of nitrogens with one attached hydrogen (secondary N) is 3. The van der Waals surface area contributed by atoms with Gasteiger partial charge in [0.2, 0.25) is 17.7 Å². The van der Waals surface area contributed by atoms with Gasteiger partial charge in [-0.25, -0.2) is 14.8 Å². The lowest BCUT2D eigenvalue weighted by atomic mass is 9.85. The molecule has 5 rings (SSSR count). The first-order valence-corrected chi connectivity index (χ1v) is 21.2. The minimum Gasteiger partial charge on any atom is -0.504 e. The van der Waals surface area contributed by atoms with Gasteiger partial charge in [-0.3, -0.25) is 19.2 Å². The lowest BCUT2D eigenvalue weighted by Gasteiger charge is -2.30. The number of anilines is 1. The first kappa shape index (κ1) is 49.2. The average molecular weight is 898 g/mol. The zero-order valence-corrected chi connectivity index (χ0v) is 37.5. The van der Waals surface area contributed by atoms with E-state index in [0.29, 0.717) is 41.6 Å². The van der Waals surface area contributed by atoms with Crippen molar-refractivity contribution in [2.45, 2.75) is 84.0 Å². The molecule has 2 heterocycles. The van der Waals surface area contributed by atoms with Crippen LogP contribution in [0.5, 0.6) is 17.2 Å². The number of carboxylic acids is 1. The Bertz CT molecular complexity index is 2410. The van der Waals surface area contributed by atoms with Crippen LogP contribution in [-0.4, -0.2) is 112 Å². The van der Waals surface area contributed by atoms with E-state index < -0.39 is 54.3 Å². The van der Waals surface area contributed by atoms with Crippen LogP contribution in [0.3, 0.4) is 0 Å².